The van der Waals surface area contributed by atoms with Gasteiger partial charge in [-0.3, -0.25) is 0 Å². The van der Waals surface area contributed by atoms with E-state index in [1.165, 1.54) is 0 Å². The zero-order valence-corrected chi connectivity index (χ0v) is 15.5. The van der Waals surface area contributed by atoms with E-state index in [4.69, 9.17) is 0 Å². The van der Waals surface area contributed by atoms with Crippen molar-refractivity contribution in [1.29, 1.82) is 0 Å². The van der Waals surface area contributed by atoms with Crippen molar-refractivity contribution in [3.05, 3.63) is 0 Å². The third-order valence-electron chi connectivity index (χ3n) is 0. The van der Waals surface area contributed by atoms with E-state index in [0.29, 0.717) is 0 Å². The molecule has 0 heterocycles. The maximum atomic E-state index is 0. The van der Waals surface area contributed by atoms with Gasteiger partial charge in [-0.2, -0.15) is 0 Å². The summed E-state index contributed by atoms with van der Waals surface area (Å²) in [5, 5.41) is 0. The minimum Gasteiger partial charge on any atom is -1.00 e. The topological polar surface area (TPSA) is 0 Å². The number of rotatable bonds is 0. The Kier molecular flexibility index (Phi) is 168. The quantitative estimate of drug-likeness (QED) is 0.322. The van der Waals surface area contributed by atoms with Gasteiger partial charge in [-0.15, -0.1) is 0 Å². The smallest absolute Gasteiger partial charge is 1.00 e. The minimum atomic E-state index is 0. The molecule has 0 saturated heterocycles. The van der Waals surface area contributed by atoms with Crippen LogP contribution in [0.4, 0.5) is 0 Å². The molecule has 0 aliphatic rings. The van der Waals surface area contributed by atoms with E-state index in [2.05, 4.69) is 0 Å². The molecule has 0 bridgehead atoms. The SMILES string of the molecule is [BiH3].[Fe].[H-].[K+].[Mo].[Ni]. The Bertz CT molecular complexity index is 15.5. The summed E-state index contributed by atoms with van der Waals surface area (Å²) in [5.41, 5.74) is 0. The third kappa shape index (κ3) is 17.9. The van der Waals surface area contributed by atoms with Crippen LogP contribution in [0.5, 0.6) is 0 Å². The maximum absolute atomic E-state index is 0. The molecule has 0 amide bonds. The van der Waals surface area contributed by atoms with Crippen LogP contribution in [0.3, 0.4) is 0 Å². The second-order valence-corrected chi connectivity index (χ2v) is 0. The molecule has 0 spiro atoms. The van der Waals surface area contributed by atoms with Crippen molar-refractivity contribution >= 4 is 26.2 Å². The summed E-state index contributed by atoms with van der Waals surface area (Å²) < 4.78 is 0. The van der Waals surface area contributed by atoms with Crippen molar-refractivity contribution < 1.29 is 107 Å². The molecule has 0 N–H and O–H groups in total. The molecule has 0 aliphatic heterocycles. The van der Waals surface area contributed by atoms with Gasteiger partial charge in [-0.25, -0.2) is 0 Å². The molecule has 0 unspecified atom stereocenters. The van der Waals surface area contributed by atoms with Crippen LogP contribution >= 0.6 is 0 Å². The van der Waals surface area contributed by atoms with Crippen molar-refractivity contribution in [2.75, 3.05) is 0 Å². The van der Waals surface area contributed by atoms with E-state index < -0.39 is 0 Å². The van der Waals surface area contributed by atoms with E-state index in [-0.39, 0.29) is 134 Å². The monoisotopic (exact) mass is 464 g/mol. The second-order valence-electron chi connectivity index (χ2n) is 0. The first-order chi connectivity index (χ1) is 0. The third-order valence-corrected chi connectivity index (χ3v) is 0. The first-order valence-corrected chi connectivity index (χ1v) is 0. The van der Waals surface area contributed by atoms with Crippen LogP contribution in [0.15, 0.2) is 0 Å². The number of hydrogen-bond donors (Lipinski definition) is 0. The maximum Gasteiger partial charge on any atom is 1.00 e. The Hall–Kier alpha value is 4.22. The molecule has 0 nitrogen and oxygen atoms in total. The van der Waals surface area contributed by atoms with Crippen molar-refractivity contribution in [1.82, 2.24) is 0 Å². The molecule has 0 aromatic rings. The summed E-state index contributed by atoms with van der Waals surface area (Å²) in [6.07, 6.45) is 0. The van der Waals surface area contributed by atoms with Crippen molar-refractivity contribution in [2.45, 2.75) is 0 Å². The van der Waals surface area contributed by atoms with Gasteiger partial charge in [0, 0.05) is 54.6 Å². The summed E-state index contributed by atoms with van der Waals surface area (Å²) in [7, 11) is 0. The Balaban J connectivity index is 0. The first kappa shape index (κ1) is 35.0. The molecular formula is H4BiFeKMoNi. The predicted molar refractivity (Wildman–Crippen MR) is 11.1 cm³/mol. The van der Waals surface area contributed by atoms with E-state index in [0.717, 1.165) is 0 Å². The zero-order chi connectivity index (χ0) is 0. The number of hydrogen-bond acceptors (Lipinski definition) is 0. The Morgan fingerprint density at radius 3 is 1.20 bits per heavy atom. The van der Waals surface area contributed by atoms with E-state index in [1.807, 2.05) is 0 Å². The first-order valence-electron chi connectivity index (χ1n) is 0. The fourth-order valence-corrected chi connectivity index (χ4v) is 0. The molecule has 0 aromatic heterocycles. The fourth-order valence-electron chi connectivity index (χ4n) is 0. The van der Waals surface area contributed by atoms with Gasteiger partial charge in [0.15, 0.2) is 0 Å². The summed E-state index contributed by atoms with van der Waals surface area (Å²) in [6, 6.07) is 0. The molecule has 34 valence electrons. The molecule has 0 rings (SSSR count). The van der Waals surface area contributed by atoms with Crippen LogP contribution < -0.4 is 51.4 Å². The standard InChI is InChI=1S/Bi.Fe.K.Mo.Ni.4H/q;;+1;;;;;;-1. The molecule has 0 aliphatic carbocycles. The van der Waals surface area contributed by atoms with Crippen molar-refractivity contribution in [3.8, 4) is 0 Å². The van der Waals surface area contributed by atoms with E-state index in [9.17, 15) is 0 Å². The van der Waals surface area contributed by atoms with Gasteiger partial charge in [0.05, 0.1) is 0 Å². The normalized spacial score (nSPS) is 0. The Morgan fingerprint density at radius 2 is 1.20 bits per heavy atom. The Morgan fingerprint density at radius 1 is 1.20 bits per heavy atom. The molecule has 0 saturated carbocycles. The summed E-state index contributed by atoms with van der Waals surface area (Å²) >= 11 is 0. The van der Waals surface area contributed by atoms with Crippen LogP contribution in [-0.2, 0) is 54.6 Å². The fraction of sp³-hybridized carbons (Fsp3) is 0. The molecule has 5 heteroatoms. The molecule has 0 fully saturated rings. The van der Waals surface area contributed by atoms with E-state index >= 15 is 0 Å². The summed E-state index contributed by atoms with van der Waals surface area (Å²) in [6.45, 7) is 0. The van der Waals surface area contributed by atoms with Gasteiger partial charge in [-0.05, 0) is 0 Å². The largest absolute Gasteiger partial charge is 1.00 e. The Labute approximate surface area is 130 Å². The molecule has 5 heavy (non-hydrogen) atoms. The van der Waals surface area contributed by atoms with Crippen LogP contribution in [0.25, 0.3) is 0 Å². The van der Waals surface area contributed by atoms with Crippen LogP contribution in [0, 0.1) is 0 Å². The zero-order valence-electron chi connectivity index (χ0n) is 3.79. The predicted octanol–water partition coefficient (Wildman–Crippen LogP) is -4.07. The molecule has 0 atom stereocenters. The van der Waals surface area contributed by atoms with Gasteiger partial charge in [0.25, 0.3) is 0 Å². The van der Waals surface area contributed by atoms with Crippen LogP contribution in [0.1, 0.15) is 1.43 Å². The average molecular weight is 463 g/mol. The minimum absolute atomic E-state index is 0. The van der Waals surface area contributed by atoms with E-state index in [1.54, 1.807) is 0 Å². The second kappa shape index (κ2) is 24.1. The van der Waals surface area contributed by atoms with Crippen molar-refractivity contribution in [3.63, 3.8) is 0 Å². The summed E-state index contributed by atoms with van der Waals surface area (Å²) in [4.78, 5) is 0. The van der Waals surface area contributed by atoms with Gasteiger partial charge in [0.2, 0.25) is 0 Å². The van der Waals surface area contributed by atoms with Crippen molar-refractivity contribution in [2.24, 2.45) is 0 Å². The molecule has 0 radical (unpaired) electrons. The average Bonchev–Trinajstić information content (AvgIpc) is 0. The summed E-state index contributed by atoms with van der Waals surface area (Å²) in [5.74, 6) is 0. The van der Waals surface area contributed by atoms with Gasteiger partial charge >= 0.3 is 77.6 Å². The van der Waals surface area contributed by atoms with Crippen LogP contribution in [0.2, 0.25) is 0 Å². The molecule has 0 aromatic carbocycles. The van der Waals surface area contributed by atoms with Gasteiger partial charge in [-0.1, -0.05) is 0 Å². The van der Waals surface area contributed by atoms with Crippen LogP contribution in [-0.4, -0.2) is 26.2 Å². The van der Waals surface area contributed by atoms with Gasteiger partial charge in [0.1, 0.15) is 0 Å². The molecular weight excluding hydrogens is 459 g/mol. The van der Waals surface area contributed by atoms with Gasteiger partial charge < -0.3 is 1.43 Å².